The minimum absolute atomic E-state index is 0.0273. The molecule has 3 rings (SSSR count). The first-order chi connectivity index (χ1) is 12.5. The van der Waals surface area contributed by atoms with Crippen molar-refractivity contribution < 1.29 is 9.59 Å². The van der Waals surface area contributed by atoms with E-state index in [9.17, 15) is 9.59 Å². The molecule has 2 amide bonds. The van der Waals surface area contributed by atoms with E-state index < -0.39 is 0 Å². The lowest BCUT2D eigenvalue weighted by molar-refractivity contribution is -0.136. The summed E-state index contributed by atoms with van der Waals surface area (Å²) < 4.78 is 1.91. The van der Waals surface area contributed by atoms with Crippen molar-refractivity contribution in [1.82, 2.24) is 20.0 Å². The van der Waals surface area contributed by atoms with Crippen LogP contribution in [0, 0.1) is 12.8 Å². The Kier molecular flexibility index (Phi) is 5.59. The molecule has 0 bridgehead atoms. The van der Waals surface area contributed by atoms with Crippen molar-refractivity contribution in [3.05, 3.63) is 30.0 Å². The zero-order valence-electron chi connectivity index (χ0n) is 15.9. The number of hydrogen-bond acceptors (Lipinski definition) is 3. The van der Waals surface area contributed by atoms with Crippen LogP contribution in [0.25, 0.3) is 10.9 Å². The fourth-order valence-electron chi connectivity index (χ4n) is 3.58. The third-order valence-electron chi connectivity index (χ3n) is 5.09. The van der Waals surface area contributed by atoms with Gasteiger partial charge in [-0.25, -0.2) is 0 Å². The predicted molar refractivity (Wildman–Crippen MR) is 102 cm³/mol. The lowest BCUT2D eigenvalue weighted by Gasteiger charge is -2.31. The number of aryl methyl sites for hydroxylation is 2. The molecule has 0 saturated carbocycles. The Morgan fingerprint density at radius 1 is 1.27 bits per heavy atom. The average molecular weight is 356 g/mol. The van der Waals surface area contributed by atoms with Crippen molar-refractivity contribution in [2.24, 2.45) is 5.92 Å². The van der Waals surface area contributed by atoms with E-state index in [-0.39, 0.29) is 23.8 Å². The van der Waals surface area contributed by atoms with Crippen LogP contribution in [0.15, 0.2) is 24.4 Å². The van der Waals surface area contributed by atoms with E-state index in [1.54, 1.807) is 0 Å². The predicted octanol–water partition coefficient (Wildman–Crippen LogP) is 2.50. The molecule has 1 N–H and O–H groups in total. The van der Waals surface area contributed by atoms with Crippen LogP contribution in [0.2, 0.25) is 0 Å². The highest BCUT2D eigenvalue weighted by atomic mass is 16.2. The number of likely N-dealkylation sites (tertiary alicyclic amines) is 1. The lowest BCUT2D eigenvalue weighted by Crippen LogP contribution is -2.44. The van der Waals surface area contributed by atoms with E-state index in [1.165, 1.54) is 5.56 Å². The highest BCUT2D eigenvalue weighted by molar-refractivity contribution is 5.82. The summed E-state index contributed by atoms with van der Waals surface area (Å²) in [7, 11) is 0. The summed E-state index contributed by atoms with van der Waals surface area (Å²) in [4.78, 5) is 26.5. The summed E-state index contributed by atoms with van der Waals surface area (Å²) in [6.07, 6.45) is 3.80. The highest BCUT2D eigenvalue weighted by Crippen LogP contribution is 2.20. The topological polar surface area (TPSA) is 67.2 Å². The summed E-state index contributed by atoms with van der Waals surface area (Å²) in [5.41, 5.74) is 2.27. The second-order valence-corrected chi connectivity index (χ2v) is 7.44. The molecule has 0 atom stereocenters. The number of fused-ring (bicyclic) bond motifs is 1. The van der Waals surface area contributed by atoms with Gasteiger partial charge in [-0.15, -0.1) is 0 Å². The molecule has 1 aromatic carbocycles. The van der Waals surface area contributed by atoms with Crippen LogP contribution in [0.1, 0.15) is 38.7 Å². The van der Waals surface area contributed by atoms with E-state index in [4.69, 9.17) is 0 Å². The molecule has 140 valence electrons. The number of rotatable bonds is 5. The Morgan fingerprint density at radius 2 is 2.00 bits per heavy atom. The number of amides is 2. The summed E-state index contributed by atoms with van der Waals surface area (Å²) in [5.74, 6) is 0.286. The van der Waals surface area contributed by atoms with Crippen LogP contribution in [-0.4, -0.2) is 45.6 Å². The fraction of sp³-hybridized carbons (Fsp3) is 0.550. The van der Waals surface area contributed by atoms with Gasteiger partial charge in [-0.3, -0.25) is 14.3 Å². The molecule has 0 aliphatic carbocycles. The van der Waals surface area contributed by atoms with E-state index >= 15 is 0 Å². The van der Waals surface area contributed by atoms with Gasteiger partial charge in [0.15, 0.2) is 0 Å². The normalized spacial score (nSPS) is 15.6. The summed E-state index contributed by atoms with van der Waals surface area (Å²) in [6, 6.07) is 6.29. The molecule has 0 spiro atoms. The van der Waals surface area contributed by atoms with E-state index in [0.29, 0.717) is 26.1 Å². The van der Waals surface area contributed by atoms with Gasteiger partial charge in [-0.1, -0.05) is 12.1 Å². The Labute approximate surface area is 154 Å². The van der Waals surface area contributed by atoms with Crippen LogP contribution in [0.5, 0.6) is 0 Å². The molecule has 1 saturated heterocycles. The van der Waals surface area contributed by atoms with Gasteiger partial charge in [0.25, 0.3) is 0 Å². The Bertz CT molecular complexity index is 788. The van der Waals surface area contributed by atoms with Crippen molar-refractivity contribution in [2.45, 2.75) is 52.6 Å². The van der Waals surface area contributed by atoms with Crippen molar-refractivity contribution in [2.75, 3.05) is 13.1 Å². The number of benzene rings is 1. The molecule has 0 radical (unpaired) electrons. The molecule has 1 aliphatic heterocycles. The largest absolute Gasteiger partial charge is 0.354 e. The molecule has 1 aromatic heterocycles. The maximum absolute atomic E-state index is 12.5. The van der Waals surface area contributed by atoms with Gasteiger partial charge in [0, 0.05) is 36.9 Å². The SMILES string of the molecule is Cc1cccc2c1cnn2CCC(=O)N1CCC(C(=O)NC(C)C)CC1. The van der Waals surface area contributed by atoms with Gasteiger partial charge in [-0.05, 0) is 45.2 Å². The molecule has 0 unspecified atom stereocenters. The maximum atomic E-state index is 12.5. The Hall–Kier alpha value is -2.37. The number of carbonyl (C=O) groups is 2. The number of nitrogens with zero attached hydrogens (tertiary/aromatic N) is 3. The second kappa shape index (κ2) is 7.89. The van der Waals surface area contributed by atoms with Crippen molar-refractivity contribution in [1.29, 1.82) is 0 Å². The van der Waals surface area contributed by atoms with Gasteiger partial charge in [0.1, 0.15) is 0 Å². The number of piperidine rings is 1. The summed E-state index contributed by atoms with van der Waals surface area (Å²) >= 11 is 0. The summed E-state index contributed by atoms with van der Waals surface area (Å²) in [5, 5.41) is 8.53. The third-order valence-corrected chi connectivity index (χ3v) is 5.09. The minimum Gasteiger partial charge on any atom is -0.354 e. The molecule has 26 heavy (non-hydrogen) atoms. The Balaban J connectivity index is 1.51. The molecule has 6 nitrogen and oxygen atoms in total. The zero-order chi connectivity index (χ0) is 18.7. The van der Waals surface area contributed by atoms with Crippen molar-refractivity contribution in [3.8, 4) is 0 Å². The summed E-state index contributed by atoms with van der Waals surface area (Å²) in [6.45, 7) is 7.91. The first-order valence-corrected chi connectivity index (χ1v) is 9.45. The second-order valence-electron chi connectivity index (χ2n) is 7.44. The van der Waals surface area contributed by atoms with E-state index in [2.05, 4.69) is 23.4 Å². The number of nitrogens with one attached hydrogen (secondary N) is 1. The van der Waals surface area contributed by atoms with Crippen molar-refractivity contribution in [3.63, 3.8) is 0 Å². The van der Waals surface area contributed by atoms with Crippen LogP contribution < -0.4 is 5.32 Å². The van der Waals surface area contributed by atoms with Gasteiger partial charge in [0.2, 0.25) is 11.8 Å². The first-order valence-electron chi connectivity index (χ1n) is 9.45. The van der Waals surface area contributed by atoms with Crippen LogP contribution in [0.3, 0.4) is 0 Å². The molecule has 2 aromatic rings. The lowest BCUT2D eigenvalue weighted by atomic mass is 9.95. The number of carbonyl (C=O) groups excluding carboxylic acids is 2. The van der Waals surface area contributed by atoms with Crippen molar-refractivity contribution >= 4 is 22.7 Å². The third kappa shape index (κ3) is 4.06. The van der Waals surface area contributed by atoms with E-state index in [1.807, 2.05) is 41.8 Å². The van der Waals surface area contributed by atoms with Gasteiger partial charge in [-0.2, -0.15) is 5.10 Å². The Morgan fingerprint density at radius 3 is 2.69 bits per heavy atom. The fourth-order valence-corrected chi connectivity index (χ4v) is 3.58. The van der Waals surface area contributed by atoms with E-state index in [0.717, 1.165) is 23.7 Å². The molecular formula is C20H28N4O2. The highest BCUT2D eigenvalue weighted by Gasteiger charge is 2.27. The van der Waals surface area contributed by atoms with Crippen LogP contribution in [-0.2, 0) is 16.1 Å². The first kappa shape index (κ1) is 18.4. The molecule has 6 heteroatoms. The zero-order valence-corrected chi connectivity index (χ0v) is 15.9. The van der Waals surface area contributed by atoms with Gasteiger partial charge < -0.3 is 10.2 Å². The number of aromatic nitrogens is 2. The molecule has 1 aliphatic rings. The molecular weight excluding hydrogens is 328 g/mol. The monoisotopic (exact) mass is 356 g/mol. The quantitative estimate of drug-likeness (QED) is 0.895. The smallest absolute Gasteiger partial charge is 0.224 e. The maximum Gasteiger partial charge on any atom is 0.224 e. The minimum atomic E-state index is 0.0273. The van der Waals surface area contributed by atoms with Gasteiger partial charge in [0.05, 0.1) is 18.3 Å². The van der Waals surface area contributed by atoms with Crippen LogP contribution in [0.4, 0.5) is 0 Å². The van der Waals surface area contributed by atoms with Crippen LogP contribution >= 0.6 is 0 Å². The number of hydrogen-bond donors (Lipinski definition) is 1. The standard InChI is InChI=1S/C20H28N4O2/c1-14(2)22-20(26)16-7-10-23(11-8-16)19(25)9-12-24-18-6-4-5-15(3)17(18)13-21-24/h4-6,13-14,16H,7-12H2,1-3H3,(H,22,26). The van der Waals surface area contributed by atoms with Gasteiger partial charge >= 0.3 is 0 Å². The average Bonchev–Trinajstić information content (AvgIpc) is 3.04. The molecule has 1 fully saturated rings. The molecule has 2 heterocycles.